The lowest BCUT2D eigenvalue weighted by Crippen LogP contribution is -2.47. The minimum Gasteiger partial charge on any atom is -0.316 e. The molecule has 0 aliphatic carbocycles. The Morgan fingerprint density at radius 2 is 2.06 bits per heavy atom. The van der Waals surface area contributed by atoms with Gasteiger partial charge in [-0.2, -0.15) is 0 Å². The highest BCUT2D eigenvalue weighted by Gasteiger charge is 2.42. The summed E-state index contributed by atoms with van der Waals surface area (Å²) < 4.78 is 0. The van der Waals surface area contributed by atoms with E-state index >= 15 is 0 Å². The van der Waals surface area contributed by atoms with E-state index in [9.17, 15) is 0 Å². The normalized spacial score (nSPS) is 35.0. The smallest absolute Gasteiger partial charge is 0.00127 e. The molecule has 2 unspecified atom stereocenters. The number of hydrogen-bond acceptors (Lipinski definition) is 2. The summed E-state index contributed by atoms with van der Waals surface area (Å²) in [4.78, 5) is 2.70. The highest BCUT2D eigenvalue weighted by atomic mass is 15.1. The molecular weight excluding hydrogens is 220 g/mol. The number of nitrogens with zero attached hydrogens (tertiary/aromatic N) is 1. The first kappa shape index (κ1) is 14.3. The van der Waals surface area contributed by atoms with Crippen molar-refractivity contribution in [2.45, 2.75) is 52.9 Å². The molecule has 2 aliphatic heterocycles. The number of hydrogen-bond donors (Lipinski definition) is 1. The van der Waals surface area contributed by atoms with Gasteiger partial charge in [-0.15, -0.1) is 0 Å². The monoisotopic (exact) mass is 252 g/mol. The molecule has 0 aromatic heterocycles. The number of rotatable bonds is 3. The van der Waals surface area contributed by atoms with Crippen molar-refractivity contribution in [3.8, 4) is 0 Å². The fourth-order valence-electron chi connectivity index (χ4n) is 4.37. The minimum atomic E-state index is 0.655. The maximum atomic E-state index is 3.63. The van der Waals surface area contributed by atoms with E-state index in [0.29, 0.717) is 5.41 Å². The Labute approximate surface area is 114 Å². The van der Waals surface area contributed by atoms with Gasteiger partial charge in [-0.05, 0) is 82.1 Å². The molecule has 0 amide bonds. The lowest BCUT2D eigenvalue weighted by molar-refractivity contribution is 0.0538. The van der Waals surface area contributed by atoms with Crippen molar-refractivity contribution in [2.24, 2.45) is 17.3 Å². The molecule has 0 bridgehead atoms. The van der Waals surface area contributed by atoms with Gasteiger partial charge in [-0.3, -0.25) is 0 Å². The molecule has 1 spiro atoms. The van der Waals surface area contributed by atoms with Gasteiger partial charge < -0.3 is 10.2 Å². The van der Waals surface area contributed by atoms with Gasteiger partial charge in [0, 0.05) is 0 Å². The second kappa shape index (κ2) is 6.38. The Bertz CT molecular complexity index is 251. The average molecular weight is 252 g/mol. The van der Waals surface area contributed by atoms with Crippen molar-refractivity contribution in [2.75, 3.05) is 32.7 Å². The van der Waals surface area contributed by atoms with E-state index in [1.54, 1.807) is 0 Å². The summed E-state index contributed by atoms with van der Waals surface area (Å²) in [6.45, 7) is 13.7. The quantitative estimate of drug-likeness (QED) is 0.830. The van der Waals surface area contributed by atoms with Crippen LogP contribution in [0.15, 0.2) is 0 Å². The molecule has 2 aliphatic rings. The Hall–Kier alpha value is -0.0800. The molecule has 2 rings (SSSR count). The van der Waals surface area contributed by atoms with E-state index in [1.165, 1.54) is 64.8 Å². The molecule has 2 fully saturated rings. The standard InChI is InChI=1S/C16H32N2/c1-4-10-18-11-5-6-16(8-12-18)7-9-17-13-15(16)14(2)3/h14-15,17H,4-13H2,1-3H3. The van der Waals surface area contributed by atoms with E-state index in [0.717, 1.165) is 11.8 Å². The van der Waals surface area contributed by atoms with Crippen LogP contribution in [-0.4, -0.2) is 37.6 Å². The molecule has 2 saturated heterocycles. The Morgan fingerprint density at radius 1 is 1.22 bits per heavy atom. The summed E-state index contributed by atoms with van der Waals surface area (Å²) in [6, 6.07) is 0. The van der Waals surface area contributed by atoms with Crippen LogP contribution in [0.3, 0.4) is 0 Å². The van der Waals surface area contributed by atoms with E-state index in [4.69, 9.17) is 0 Å². The topological polar surface area (TPSA) is 15.3 Å². The zero-order valence-electron chi connectivity index (χ0n) is 12.7. The third kappa shape index (κ3) is 3.08. The first-order valence-corrected chi connectivity index (χ1v) is 8.11. The van der Waals surface area contributed by atoms with Gasteiger partial charge in [0.05, 0.1) is 0 Å². The molecule has 2 nitrogen and oxygen atoms in total. The van der Waals surface area contributed by atoms with Gasteiger partial charge in [-0.1, -0.05) is 20.8 Å². The van der Waals surface area contributed by atoms with Crippen LogP contribution in [0.4, 0.5) is 0 Å². The fourth-order valence-corrected chi connectivity index (χ4v) is 4.37. The van der Waals surface area contributed by atoms with E-state index in [-0.39, 0.29) is 0 Å². The number of nitrogens with one attached hydrogen (secondary N) is 1. The maximum absolute atomic E-state index is 3.63. The van der Waals surface area contributed by atoms with Crippen molar-refractivity contribution in [3.05, 3.63) is 0 Å². The zero-order valence-corrected chi connectivity index (χ0v) is 12.7. The molecule has 0 radical (unpaired) electrons. The third-order valence-corrected chi connectivity index (χ3v) is 5.37. The summed E-state index contributed by atoms with van der Waals surface area (Å²) in [5.74, 6) is 1.73. The maximum Gasteiger partial charge on any atom is -0.00127 e. The summed E-state index contributed by atoms with van der Waals surface area (Å²) in [5.41, 5.74) is 0.655. The van der Waals surface area contributed by atoms with Crippen molar-refractivity contribution < 1.29 is 0 Å². The Morgan fingerprint density at radius 3 is 2.78 bits per heavy atom. The van der Waals surface area contributed by atoms with Crippen LogP contribution < -0.4 is 5.32 Å². The fraction of sp³-hybridized carbons (Fsp3) is 1.00. The highest BCUT2D eigenvalue weighted by molar-refractivity contribution is 4.95. The molecule has 1 N–H and O–H groups in total. The zero-order chi connectivity index (χ0) is 13.0. The number of piperidine rings is 1. The molecule has 0 aromatic carbocycles. The van der Waals surface area contributed by atoms with Crippen LogP contribution in [0.25, 0.3) is 0 Å². The van der Waals surface area contributed by atoms with Crippen molar-refractivity contribution >= 4 is 0 Å². The van der Waals surface area contributed by atoms with Crippen LogP contribution in [-0.2, 0) is 0 Å². The lowest BCUT2D eigenvalue weighted by Gasteiger charge is -2.46. The second-order valence-corrected chi connectivity index (χ2v) is 6.86. The predicted molar refractivity (Wildman–Crippen MR) is 78.8 cm³/mol. The summed E-state index contributed by atoms with van der Waals surface area (Å²) in [6.07, 6.45) is 7.05. The molecular formula is C16H32N2. The summed E-state index contributed by atoms with van der Waals surface area (Å²) in [5, 5.41) is 3.63. The third-order valence-electron chi connectivity index (χ3n) is 5.37. The van der Waals surface area contributed by atoms with Gasteiger partial charge in [0.2, 0.25) is 0 Å². The summed E-state index contributed by atoms with van der Waals surface area (Å²) >= 11 is 0. The second-order valence-electron chi connectivity index (χ2n) is 6.86. The van der Waals surface area contributed by atoms with Gasteiger partial charge >= 0.3 is 0 Å². The van der Waals surface area contributed by atoms with Gasteiger partial charge in [0.25, 0.3) is 0 Å². The first-order valence-electron chi connectivity index (χ1n) is 8.11. The SMILES string of the molecule is CCCN1CCCC2(CCNCC2C(C)C)CC1. The van der Waals surface area contributed by atoms with Crippen LogP contribution in [0.5, 0.6) is 0 Å². The molecule has 0 saturated carbocycles. The van der Waals surface area contributed by atoms with E-state index in [2.05, 4.69) is 31.0 Å². The minimum absolute atomic E-state index is 0.655. The molecule has 106 valence electrons. The average Bonchev–Trinajstić information content (AvgIpc) is 2.54. The largest absolute Gasteiger partial charge is 0.316 e. The van der Waals surface area contributed by atoms with Crippen molar-refractivity contribution in [3.63, 3.8) is 0 Å². The number of likely N-dealkylation sites (tertiary alicyclic amines) is 1. The van der Waals surface area contributed by atoms with Crippen LogP contribution in [0.1, 0.15) is 52.9 Å². The van der Waals surface area contributed by atoms with Crippen molar-refractivity contribution in [1.82, 2.24) is 10.2 Å². The Balaban J connectivity index is 2.04. The predicted octanol–water partition coefficient (Wildman–Crippen LogP) is 3.13. The molecule has 0 aromatic rings. The van der Waals surface area contributed by atoms with Gasteiger partial charge in [0.15, 0.2) is 0 Å². The van der Waals surface area contributed by atoms with Gasteiger partial charge in [-0.25, -0.2) is 0 Å². The van der Waals surface area contributed by atoms with Crippen molar-refractivity contribution in [1.29, 1.82) is 0 Å². The molecule has 2 heteroatoms. The molecule has 2 atom stereocenters. The van der Waals surface area contributed by atoms with Crippen LogP contribution in [0, 0.1) is 17.3 Å². The highest BCUT2D eigenvalue weighted by Crippen LogP contribution is 2.46. The summed E-state index contributed by atoms with van der Waals surface area (Å²) in [7, 11) is 0. The van der Waals surface area contributed by atoms with E-state index in [1.807, 2.05) is 0 Å². The van der Waals surface area contributed by atoms with E-state index < -0.39 is 0 Å². The molecule has 18 heavy (non-hydrogen) atoms. The van der Waals surface area contributed by atoms with Crippen LogP contribution >= 0.6 is 0 Å². The van der Waals surface area contributed by atoms with Gasteiger partial charge in [0.1, 0.15) is 0 Å². The van der Waals surface area contributed by atoms with Crippen LogP contribution in [0.2, 0.25) is 0 Å². The molecule has 2 heterocycles. The Kier molecular flexibility index (Phi) is 5.08. The lowest BCUT2D eigenvalue weighted by atomic mass is 9.62. The first-order chi connectivity index (χ1) is 8.68.